The van der Waals surface area contributed by atoms with E-state index in [4.69, 9.17) is 16.6 Å². The average Bonchev–Trinajstić information content (AvgIpc) is 3.03. The molecule has 7 atom stereocenters. The van der Waals surface area contributed by atoms with Crippen molar-refractivity contribution in [3.8, 4) is 0 Å². The zero-order valence-corrected chi connectivity index (χ0v) is 28.9. The molecular weight excluding hydrogens is 604 g/mol. The molecule has 0 aliphatic heterocycles. The van der Waals surface area contributed by atoms with Gasteiger partial charge in [-0.3, -0.25) is 24.5 Å². The molecular formula is C39H52N4O5. The van der Waals surface area contributed by atoms with Crippen LogP contribution in [0.1, 0.15) is 114 Å². The number of nitrogen functional groups attached to an aromatic ring is 1. The van der Waals surface area contributed by atoms with Gasteiger partial charge in [0, 0.05) is 17.8 Å². The molecule has 0 saturated heterocycles. The number of carboxylic acid groups (broad SMARTS) is 1. The van der Waals surface area contributed by atoms with E-state index >= 15 is 0 Å². The Balaban J connectivity index is 1.22. The summed E-state index contributed by atoms with van der Waals surface area (Å²) >= 11 is 0. The van der Waals surface area contributed by atoms with Crippen LogP contribution in [0, 0.1) is 22.7 Å². The average molecular weight is 657 g/mol. The van der Waals surface area contributed by atoms with Crippen LogP contribution < -0.4 is 22.1 Å². The summed E-state index contributed by atoms with van der Waals surface area (Å²) in [5, 5.41) is 14.9. The number of aryl methyl sites for hydroxylation is 2. The van der Waals surface area contributed by atoms with Crippen molar-refractivity contribution < 1.29 is 24.3 Å². The van der Waals surface area contributed by atoms with E-state index in [1.165, 1.54) is 16.7 Å². The largest absolute Gasteiger partial charge is 0.481 e. The van der Waals surface area contributed by atoms with Crippen LogP contribution in [0.3, 0.4) is 0 Å². The fourth-order valence-electron chi connectivity index (χ4n) is 10.6. The highest BCUT2D eigenvalue weighted by Gasteiger charge is 2.58. The van der Waals surface area contributed by atoms with Gasteiger partial charge in [0.1, 0.15) is 0 Å². The lowest BCUT2D eigenvalue weighted by molar-refractivity contribution is -0.150. The molecule has 6 rings (SSSR count). The van der Waals surface area contributed by atoms with E-state index in [2.05, 4.69) is 43.5 Å². The van der Waals surface area contributed by atoms with Gasteiger partial charge in [0.05, 0.1) is 16.9 Å². The molecule has 9 nitrogen and oxygen atoms in total. The van der Waals surface area contributed by atoms with Gasteiger partial charge >= 0.3 is 5.97 Å². The number of carbonyl (C=O) groups excluding carboxylic acids is 3. The van der Waals surface area contributed by atoms with Crippen molar-refractivity contribution in [1.29, 1.82) is 0 Å². The fraction of sp³-hybridized carbons (Fsp3) is 0.590. The minimum Gasteiger partial charge on any atom is -0.481 e. The Morgan fingerprint density at radius 1 is 0.812 bits per heavy atom. The topological polar surface area (TPSA) is 165 Å². The lowest BCUT2D eigenvalue weighted by Crippen LogP contribution is -2.60. The van der Waals surface area contributed by atoms with Crippen LogP contribution >= 0.6 is 0 Å². The molecule has 3 amide bonds. The van der Waals surface area contributed by atoms with Crippen LogP contribution in [0.5, 0.6) is 0 Å². The molecule has 4 aliphatic carbocycles. The number of nitrogens with two attached hydrogens (primary N) is 2. The number of hydrogen-bond acceptors (Lipinski definition) is 6. The third-order valence-corrected chi connectivity index (χ3v) is 13.3. The summed E-state index contributed by atoms with van der Waals surface area (Å²) in [6.07, 6.45) is 8.45. The van der Waals surface area contributed by atoms with Gasteiger partial charge in [0.15, 0.2) is 0 Å². The van der Waals surface area contributed by atoms with Crippen LogP contribution in [0.4, 0.5) is 11.4 Å². The number of fused-ring (bicyclic) bond motifs is 6. The van der Waals surface area contributed by atoms with Crippen LogP contribution in [0.15, 0.2) is 36.4 Å². The van der Waals surface area contributed by atoms with Crippen molar-refractivity contribution in [1.82, 2.24) is 5.32 Å². The highest BCUT2D eigenvalue weighted by molar-refractivity contribution is 6.01. The zero-order chi connectivity index (χ0) is 34.6. The summed E-state index contributed by atoms with van der Waals surface area (Å²) in [5.74, 6) is -1.61. The summed E-state index contributed by atoms with van der Waals surface area (Å²) in [7, 11) is 0. The number of aliphatic carboxylic acids is 1. The molecule has 2 aromatic rings. The van der Waals surface area contributed by atoms with Gasteiger partial charge in [-0.25, -0.2) is 0 Å². The number of carbonyl (C=O) groups is 4. The van der Waals surface area contributed by atoms with Gasteiger partial charge in [-0.1, -0.05) is 52.7 Å². The van der Waals surface area contributed by atoms with Crippen LogP contribution in [0.25, 0.3) is 0 Å². The Labute approximate surface area is 284 Å². The van der Waals surface area contributed by atoms with E-state index in [0.717, 1.165) is 69.0 Å². The summed E-state index contributed by atoms with van der Waals surface area (Å²) in [4.78, 5) is 52.5. The van der Waals surface area contributed by atoms with Crippen LogP contribution in [-0.4, -0.2) is 34.8 Å². The molecule has 0 bridgehead atoms. The molecule has 0 heterocycles. The van der Waals surface area contributed by atoms with Gasteiger partial charge in [-0.2, -0.15) is 0 Å². The predicted molar refractivity (Wildman–Crippen MR) is 186 cm³/mol. The zero-order valence-electron chi connectivity index (χ0n) is 28.9. The molecule has 0 aromatic heterocycles. The Bertz CT molecular complexity index is 1660. The molecule has 0 spiro atoms. The van der Waals surface area contributed by atoms with Gasteiger partial charge in [-0.15, -0.1) is 0 Å². The van der Waals surface area contributed by atoms with E-state index in [0.29, 0.717) is 12.1 Å². The molecule has 48 heavy (non-hydrogen) atoms. The van der Waals surface area contributed by atoms with E-state index in [9.17, 15) is 19.2 Å². The minimum absolute atomic E-state index is 0.0109. The molecule has 4 aliphatic rings. The van der Waals surface area contributed by atoms with Crippen LogP contribution in [0.2, 0.25) is 0 Å². The van der Waals surface area contributed by atoms with Crippen molar-refractivity contribution >= 4 is 35.1 Å². The first-order valence-electron chi connectivity index (χ1n) is 17.8. The highest BCUT2D eigenvalue weighted by Crippen LogP contribution is 2.59. The lowest BCUT2D eigenvalue weighted by Gasteiger charge is -2.56. The summed E-state index contributed by atoms with van der Waals surface area (Å²) in [6, 6.07) is 11.2. The SMILES string of the molecule is C[C@]1(C(=O)NC(=O)[C@@]2(C)CCC[C@]3(C)c4cc(NC(=O)[C@@H](N)CCC(=O)O)ccc4CC[C@@H]23)CCC[C@]2(C)c3cc(N)ccc3CC[C@@H]12. The van der Waals surface area contributed by atoms with Crippen molar-refractivity contribution in [2.45, 2.75) is 122 Å². The number of hydrogen-bond donors (Lipinski definition) is 5. The summed E-state index contributed by atoms with van der Waals surface area (Å²) in [6.45, 7) is 8.63. The van der Waals surface area contributed by atoms with E-state index in [1.54, 1.807) is 0 Å². The first-order chi connectivity index (χ1) is 22.6. The predicted octanol–water partition coefficient (Wildman–Crippen LogP) is 5.76. The number of imide groups is 1. The second kappa shape index (κ2) is 12.3. The van der Waals surface area contributed by atoms with Crippen LogP contribution in [-0.2, 0) is 42.8 Å². The van der Waals surface area contributed by atoms with Gasteiger partial charge in [0.25, 0.3) is 0 Å². The third kappa shape index (κ3) is 5.61. The Morgan fingerprint density at radius 2 is 1.33 bits per heavy atom. The molecule has 0 unspecified atom stereocenters. The van der Waals surface area contributed by atoms with E-state index in [1.807, 2.05) is 31.2 Å². The molecule has 7 N–H and O–H groups in total. The minimum atomic E-state index is -0.992. The Hall–Kier alpha value is -3.72. The van der Waals surface area contributed by atoms with E-state index < -0.39 is 28.7 Å². The van der Waals surface area contributed by atoms with Crippen molar-refractivity contribution in [2.75, 3.05) is 11.1 Å². The summed E-state index contributed by atoms with van der Waals surface area (Å²) < 4.78 is 0. The number of benzene rings is 2. The highest BCUT2D eigenvalue weighted by atomic mass is 16.4. The summed E-state index contributed by atoms with van der Waals surface area (Å²) in [5.41, 5.74) is 16.6. The van der Waals surface area contributed by atoms with E-state index in [-0.39, 0.29) is 47.3 Å². The van der Waals surface area contributed by atoms with Crippen molar-refractivity contribution in [3.63, 3.8) is 0 Å². The second-order valence-corrected chi connectivity index (χ2v) is 16.2. The molecule has 258 valence electrons. The quantitative estimate of drug-likeness (QED) is 0.187. The molecule has 9 heteroatoms. The third-order valence-electron chi connectivity index (χ3n) is 13.3. The lowest BCUT2D eigenvalue weighted by atomic mass is 9.49. The molecule has 2 aromatic carbocycles. The smallest absolute Gasteiger partial charge is 0.303 e. The number of rotatable bonds is 7. The molecule has 2 fully saturated rings. The van der Waals surface area contributed by atoms with Gasteiger partial charge in [0.2, 0.25) is 17.7 Å². The van der Waals surface area contributed by atoms with Crippen molar-refractivity contribution in [2.24, 2.45) is 28.4 Å². The number of carboxylic acids is 1. The molecule has 0 radical (unpaired) electrons. The van der Waals surface area contributed by atoms with Gasteiger partial charge in [-0.05, 0) is 127 Å². The first kappa shape index (κ1) is 34.2. The normalized spacial score (nSPS) is 32.8. The number of nitrogens with one attached hydrogen (secondary N) is 2. The Morgan fingerprint density at radius 3 is 1.88 bits per heavy atom. The first-order valence-corrected chi connectivity index (χ1v) is 17.8. The second-order valence-electron chi connectivity index (χ2n) is 16.2. The maximum atomic E-state index is 14.4. The fourth-order valence-corrected chi connectivity index (χ4v) is 10.6. The standard InChI is InChI=1S/C39H52N4O5/c1-36-17-5-19-38(3,30(36)14-9-23-7-11-25(40)21-27(23)36)34(47)43-35(48)39(4)20-6-18-37(2)28-22-26(12-8-24(28)10-15-31(37)39)42-33(46)29(41)13-16-32(44)45/h7-8,11-12,21-22,29-31H,5-6,9-10,13-20,40-41H2,1-4H3,(H,42,46)(H,44,45)(H,43,47,48)/t29-,30+,31+,36+,37+,38-,39-/m0/s1. The maximum Gasteiger partial charge on any atom is 0.303 e. The van der Waals surface area contributed by atoms with Crippen molar-refractivity contribution in [3.05, 3.63) is 58.7 Å². The van der Waals surface area contributed by atoms with Gasteiger partial charge < -0.3 is 21.9 Å². The monoisotopic (exact) mass is 656 g/mol. The number of amides is 3. The molecule has 2 saturated carbocycles. The number of anilines is 2. The Kier molecular flexibility index (Phi) is 8.76. The maximum absolute atomic E-state index is 14.4.